The Labute approximate surface area is 149 Å². The number of halogens is 1. The smallest absolute Gasteiger partial charge is 0.246 e. The molecular formula is C15H14ClN5O3S. The lowest BCUT2D eigenvalue weighted by Crippen LogP contribution is -2.18. The SMILES string of the molecule is CNS(=O)(=O)c1ccc(NCc2nc(-c3cccc(Cl)c3)no2)nc1. The van der Waals surface area contributed by atoms with Gasteiger partial charge in [-0.05, 0) is 31.3 Å². The van der Waals surface area contributed by atoms with Crippen LogP contribution in [-0.2, 0) is 16.6 Å². The van der Waals surface area contributed by atoms with Crippen molar-refractivity contribution in [2.24, 2.45) is 0 Å². The Bertz CT molecular complexity index is 973. The van der Waals surface area contributed by atoms with E-state index in [1.54, 1.807) is 24.3 Å². The fourth-order valence-electron chi connectivity index (χ4n) is 2.00. The highest BCUT2D eigenvalue weighted by molar-refractivity contribution is 7.89. The Balaban J connectivity index is 1.66. The van der Waals surface area contributed by atoms with Crippen LogP contribution >= 0.6 is 11.6 Å². The van der Waals surface area contributed by atoms with Crippen molar-refractivity contribution in [3.05, 3.63) is 53.5 Å². The van der Waals surface area contributed by atoms with Crippen molar-refractivity contribution >= 4 is 27.4 Å². The Hall–Kier alpha value is -2.49. The van der Waals surface area contributed by atoms with Gasteiger partial charge in [0, 0.05) is 16.8 Å². The van der Waals surface area contributed by atoms with Crippen LogP contribution < -0.4 is 10.0 Å². The van der Waals surface area contributed by atoms with Crippen molar-refractivity contribution in [2.45, 2.75) is 11.4 Å². The van der Waals surface area contributed by atoms with E-state index < -0.39 is 10.0 Å². The highest BCUT2D eigenvalue weighted by atomic mass is 35.5. The molecule has 2 aromatic heterocycles. The van der Waals surface area contributed by atoms with Gasteiger partial charge in [0.2, 0.25) is 21.7 Å². The summed E-state index contributed by atoms with van der Waals surface area (Å²) < 4.78 is 30.7. The third-order valence-electron chi connectivity index (χ3n) is 3.29. The van der Waals surface area contributed by atoms with Gasteiger partial charge in [-0.3, -0.25) is 0 Å². The average Bonchev–Trinajstić information content (AvgIpc) is 3.09. The monoisotopic (exact) mass is 379 g/mol. The second-order valence-corrected chi connectivity index (χ2v) is 7.29. The van der Waals surface area contributed by atoms with Crippen molar-refractivity contribution in [1.29, 1.82) is 0 Å². The number of sulfonamides is 1. The first-order valence-corrected chi connectivity index (χ1v) is 9.06. The van der Waals surface area contributed by atoms with E-state index in [2.05, 4.69) is 25.2 Å². The van der Waals surface area contributed by atoms with Gasteiger partial charge in [-0.15, -0.1) is 0 Å². The van der Waals surface area contributed by atoms with Crippen molar-refractivity contribution in [3.63, 3.8) is 0 Å². The van der Waals surface area contributed by atoms with Crippen LogP contribution in [0.5, 0.6) is 0 Å². The first kappa shape index (κ1) is 17.3. The highest BCUT2D eigenvalue weighted by Gasteiger charge is 2.12. The minimum absolute atomic E-state index is 0.0848. The summed E-state index contributed by atoms with van der Waals surface area (Å²) in [6.45, 7) is 0.249. The van der Waals surface area contributed by atoms with Crippen LogP contribution in [0.15, 0.2) is 52.0 Å². The van der Waals surface area contributed by atoms with Gasteiger partial charge >= 0.3 is 0 Å². The first-order valence-electron chi connectivity index (χ1n) is 7.20. The minimum Gasteiger partial charge on any atom is -0.361 e. The van der Waals surface area contributed by atoms with Gasteiger partial charge in [0.25, 0.3) is 0 Å². The molecule has 3 rings (SSSR count). The fraction of sp³-hybridized carbons (Fsp3) is 0.133. The number of pyridine rings is 1. The fourth-order valence-corrected chi connectivity index (χ4v) is 2.86. The van der Waals surface area contributed by atoms with E-state index in [-0.39, 0.29) is 11.4 Å². The van der Waals surface area contributed by atoms with Crippen molar-refractivity contribution in [3.8, 4) is 11.4 Å². The third kappa shape index (κ3) is 4.13. The number of rotatable bonds is 6. The van der Waals surface area contributed by atoms with Gasteiger partial charge < -0.3 is 9.84 Å². The van der Waals surface area contributed by atoms with Crippen LogP contribution in [0.25, 0.3) is 11.4 Å². The zero-order valence-corrected chi connectivity index (χ0v) is 14.7. The van der Waals surface area contributed by atoms with E-state index >= 15 is 0 Å². The Morgan fingerprint density at radius 3 is 2.76 bits per heavy atom. The topological polar surface area (TPSA) is 110 Å². The van der Waals surface area contributed by atoms with Gasteiger partial charge in [-0.25, -0.2) is 18.1 Å². The largest absolute Gasteiger partial charge is 0.361 e. The molecule has 10 heteroatoms. The van der Waals surface area contributed by atoms with E-state index in [4.69, 9.17) is 16.1 Å². The highest BCUT2D eigenvalue weighted by Crippen LogP contribution is 2.20. The van der Waals surface area contributed by atoms with Crippen LogP contribution in [0.2, 0.25) is 5.02 Å². The van der Waals surface area contributed by atoms with Gasteiger partial charge in [0.15, 0.2) is 0 Å². The van der Waals surface area contributed by atoms with E-state index in [0.29, 0.717) is 22.6 Å². The maximum atomic E-state index is 11.6. The lowest BCUT2D eigenvalue weighted by molar-refractivity contribution is 0.384. The number of nitrogens with zero attached hydrogens (tertiary/aromatic N) is 3. The summed E-state index contributed by atoms with van der Waals surface area (Å²) in [4.78, 5) is 8.41. The summed E-state index contributed by atoms with van der Waals surface area (Å²) in [5.74, 6) is 1.28. The molecule has 0 fully saturated rings. The molecule has 0 saturated carbocycles. The molecule has 0 radical (unpaired) electrons. The molecular weight excluding hydrogens is 366 g/mol. The molecule has 25 heavy (non-hydrogen) atoms. The normalized spacial score (nSPS) is 11.4. The van der Waals surface area contributed by atoms with Crippen molar-refractivity contribution in [2.75, 3.05) is 12.4 Å². The van der Waals surface area contributed by atoms with Crippen molar-refractivity contribution < 1.29 is 12.9 Å². The molecule has 0 saturated heterocycles. The number of hydrogen-bond acceptors (Lipinski definition) is 7. The van der Waals surface area contributed by atoms with Crippen LogP contribution in [0, 0.1) is 0 Å². The third-order valence-corrected chi connectivity index (χ3v) is 4.92. The molecule has 1 aromatic carbocycles. The molecule has 0 unspecified atom stereocenters. The lowest BCUT2D eigenvalue weighted by Gasteiger charge is -2.04. The van der Waals surface area contributed by atoms with Gasteiger partial charge in [-0.2, -0.15) is 4.98 Å². The average molecular weight is 380 g/mol. The van der Waals surface area contributed by atoms with Crippen LogP contribution in [0.3, 0.4) is 0 Å². The molecule has 0 aliphatic heterocycles. The molecule has 0 atom stereocenters. The summed E-state index contributed by atoms with van der Waals surface area (Å²) in [5.41, 5.74) is 0.752. The van der Waals surface area contributed by atoms with Crippen LogP contribution in [0.1, 0.15) is 5.89 Å². The van der Waals surface area contributed by atoms with Gasteiger partial charge in [-0.1, -0.05) is 28.9 Å². The predicted molar refractivity (Wildman–Crippen MR) is 92.6 cm³/mol. The molecule has 0 aliphatic carbocycles. The number of aromatic nitrogens is 3. The summed E-state index contributed by atoms with van der Waals surface area (Å²) in [7, 11) is -2.16. The molecule has 130 valence electrons. The van der Waals surface area contributed by atoms with E-state index in [0.717, 1.165) is 5.56 Å². The van der Waals surface area contributed by atoms with E-state index in [1.807, 2.05) is 6.07 Å². The molecule has 2 N–H and O–H groups in total. The molecule has 8 nitrogen and oxygen atoms in total. The van der Waals surface area contributed by atoms with E-state index in [9.17, 15) is 8.42 Å². The predicted octanol–water partition coefficient (Wildman–Crippen LogP) is 2.31. The zero-order valence-electron chi connectivity index (χ0n) is 13.1. The molecule has 0 amide bonds. The quantitative estimate of drug-likeness (QED) is 0.676. The maximum absolute atomic E-state index is 11.6. The Kier molecular flexibility index (Phi) is 4.98. The standard InChI is InChI=1S/C15H14ClN5O3S/c1-17-25(22,23)12-5-6-13(18-8-12)19-9-14-20-15(21-24-14)10-3-2-4-11(16)7-10/h2-8,17H,9H2,1H3,(H,18,19). The molecule has 0 aliphatic rings. The van der Waals surface area contributed by atoms with Crippen LogP contribution in [-0.4, -0.2) is 30.6 Å². The number of benzene rings is 1. The summed E-state index contributed by atoms with van der Waals surface area (Å²) in [6, 6.07) is 10.1. The second-order valence-electron chi connectivity index (χ2n) is 4.96. The number of nitrogens with one attached hydrogen (secondary N) is 2. The summed E-state index contributed by atoms with van der Waals surface area (Å²) in [5, 5.41) is 7.48. The number of hydrogen-bond donors (Lipinski definition) is 2. The van der Waals surface area contributed by atoms with Gasteiger partial charge in [0.1, 0.15) is 10.7 Å². The van der Waals surface area contributed by atoms with Crippen LogP contribution in [0.4, 0.5) is 5.82 Å². The summed E-state index contributed by atoms with van der Waals surface area (Å²) >= 11 is 5.94. The zero-order chi connectivity index (χ0) is 17.9. The molecule has 2 heterocycles. The Morgan fingerprint density at radius 2 is 2.08 bits per heavy atom. The molecule has 0 bridgehead atoms. The molecule has 0 spiro atoms. The second kappa shape index (κ2) is 7.18. The van der Waals surface area contributed by atoms with Gasteiger partial charge in [0.05, 0.1) is 6.54 Å². The summed E-state index contributed by atoms with van der Waals surface area (Å²) in [6.07, 6.45) is 1.26. The minimum atomic E-state index is -3.50. The lowest BCUT2D eigenvalue weighted by atomic mass is 10.2. The number of anilines is 1. The Morgan fingerprint density at radius 1 is 1.24 bits per heavy atom. The maximum Gasteiger partial charge on any atom is 0.246 e. The van der Waals surface area contributed by atoms with Crippen molar-refractivity contribution in [1.82, 2.24) is 19.8 Å². The van der Waals surface area contributed by atoms with E-state index in [1.165, 1.54) is 19.3 Å². The first-order chi connectivity index (χ1) is 12.0. The molecule has 3 aromatic rings.